The summed E-state index contributed by atoms with van der Waals surface area (Å²) >= 11 is 0. The van der Waals surface area contributed by atoms with Crippen LogP contribution in [0.1, 0.15) is 44.1 Å². The van der Waals surface area contributed by atoms with Crippen molar-refractivity contribution in [3.8, 4) is 0 Å². The molecule has 1 unspecified atom stereocenters. The summed E-state index contributed by atoms with van der Waals surface area (Å²) < 4.78 is 0. The van der Waals surface area contributed by atoms with E-state index in [0.717, 1.165) is 18.4 Å². The molecule has 3 rings (SSSR count). The van der Waals surface area contributed by atoms with Crippen molar-refractivity contribution in [3.05, 3.63) is 47.2 Å². The van der Waals surface area contributed by atoms with Crippen LogP contribution in [0, 0.1) is 0 Å². The molecule has 1 aromatic rings. The molecule has 0 aromatic heterocycles. The maximum absolute atomic E-state index is 12.5. The molecule has 18 heavy (non-hydrogen) atoms. The molecule has 0 spiro atoms. The van der Waals surface area contributed by atoms with Crippen molar-refractivity contribution in [1.29, 1.82) is 0 Å². The Hall–Kier alpha value is -1.57. The maximum Gasteiger partial charge on any atom is 0.166 e. The highest BCUT2D eigenvalue weighted by atomic mass is 16.1. The first-order chi connectivity index (χ1) is 8.77. The van der Waals surface area contributed by atoms with Gasteiger partial charge in [0.15, 0.2) is 5.78 Å². The van der Waals surface area contributed by atoms with Crippen LogP contribution in [-0.2, 0) is 4.79 Å². The second-order valence-electron chi connectivity index (χ2n) is 5.32. The molecule has 0 saturated heterocycles. The Balaban J connectivity index is 2.06. The number of carbonyl (C=O) groups excluding carboxylic acids is 1. The van der Waals surface area contributed by atoms with Crippen LogP contribution < -0.4 is 5.32 Å². The average Bonchev–Trinajstić information content (AvgIpc) is 2.41. The van der Waals surface area contributed by atoms with Gasteiger partial charge in [-0.05, 0) is 43.7 Å². The molecule has 94 valence electrons. The Kier molecular flexibility index (Phi) is 2.94. The Labute approximate surface area is 108 Å². The summed E-state index contributed by atoms with van der Waals surface area (Å²) in [7, 11) is 0. The van der Waals surface area contributed by atoms with Crippen LogP contribution in [0.2, 0.25) is 0 Å². The lowest BCUT2D eigenvalue weighted by atomic mass is 9.76. The van der Waals surface area contributed by atoms with Crippen LogP contribution >= 0.6 is 0 Å². The van der Waals surface area contributed by atoms with E-state index in [1.165, 1.54) is 24.1 Å². The van der Waals surface area contributed by atoms with Crippen LogP contribution in [0.4, 0.5) is 0 Å². The van der Waals surface area contributed by atoms with Crippen molar-refractivity contribution in [2.24, 2.45) is 0 Å². The van der Waals surface area contributed by atoms with Crippen LogP contribution in [0.5, 0.6) is 0 Å². The van der Waals surface area contributed by atoms with Crippen molar-refractivity contribution in [1.82, 2.24) is 5.32 Å². The Morgan fingerprint density at radius 1 is 1.11 bits per heavy atom. The molecule has 0 amide bonds. The van der Waals surface area contributed by atoms with Gasteiger partial charge in [-0.25, -0.2) is 0 Å². The molecule has 1 aliphatic carbocycles. The smallest absolute Gasteiger partial charge is 0.166 e. The van der Waals surface area contributed by atoms with E-state index < -0.39 is 0 Å². The summed E-state index contributed by atoms with van der Waals surface area (Å²) in [5.74, 6) is 0.319. The SMILES string of the molecule is C[C@@H]1NC2=C(CCCC2)C(c2ccccc2)C1=O. The average molecular weight is 241 g/mol. The molecule has 2 heteroatoms. The number of rotatable bonds is 1. The Bertz CT molecular complexity index is 489. The summed E-state index contributed by atoms with van der Waals surface area (Å²) in [4.78, 5) is 12.5. The quantitative estimate of drug-likeness (QED) is 0.818. The van der Waals surface area contributed by atoms with Crippen LogP contribution in [0.25, 0.3) is 0 Å². The van der Waals surface area contributed by atoms with Gasteiger partial charge >= 0.3 is 0 Å². The molecule has 1 aromatic carbocycles. The third kappa shape index (κ3) is 1.86. The largest absolute Gasteiger partial charge is 0.379 e. The molecular formula is C16H19NO. The number of benzene rings is 1. The molecule has 1 N–H and O–H groups in total. The molecule has 2 nitrogen and oxygen atoms in total. The minimum Gasteiger partial charge on any atom is -0.379 e. The van der Waals surface area contributed by atoms with E-state index in [-0.39, 0.29) is 12.0 Å². The van der Waals surface area contributed by atoms with Gasteiger partial charge in [-0.3, -0.25) is 4.79 Å². The highest BCUT2D eigenvalue weighted by Crippen LogP contribution is 2.38. The number of hydrogen-bond acceptors (Lipinski definition) is 2. The van der Waals surface area contributed by atoms with Crippen LogP contribution in [-0.4, -0.2) is 11.8 Å². The first-order valence-corrected chi connectivity index (χ1v) is 6.84. The van der Waals surface area contributed by atoms with Crippen molar-refractivity contribution >= 4 is 5.78 Å². The van der Waals surface area contributed by atoms with Crippen molar-refractivity contribution in [2.75, 3.05) is 0 Å². The van der Waals surface area contributed by atoms with Gasteiger partial charge in [-0.1, -0.05) is 30.3 Å². The van der Waals surface area contributed by atoms with Gasteiger partial charge < -0.3 is 5.32 Å². The fourth-order valence-electron chi connectivity index (χ4n) is 3.18. The second kappa shape index (κ2) is 4.60. The van der Waals surface area contributed by atoms with Crippen molar-refractivity contribution in [3.63, 3.8) is 0 Å². The summed E-state index contributed by atoms with van der Waals surface area (Å²) in [6, 6.07) is 10.2. The number of hydrogen-bond donors (Lipinski definition) is 1. The Morgan fingerprint density at radius 2 is 1.83 bits per heavy atom. The van der Waals surface area contributed by atoms with E-state index in [4.69, 9.17) is 0 Å². The first kappa shape index (κ1) is 11.5. The van der Waals surface area contributed by atoms with Crippen LogP contribution in [0.3, 0.4) is 0 Å². The third-order valence-electron chi connectivity index (χ3n) is 4.09. The van der Waals surface area contributed by atoms with Gasteiger partial charge in [-0.2, -0.15) is 0 Å². The van der Waals surface area contributed by atoms with Gasteiger partial charge in [0, 0.05) is 5.70 Å². The van der Waals surface area contributed by atoms with E-state index in [0.29, 0.717) is 5.78 Å². The maximum atomic E-state index is 12.5. The molecule has 0 saturated carbocycles. The number of Topliss-reactive ketones (excluding diaryl/α,β-unsaturated/α-hetero) is 1. The summed E-state index contributed by atoms with van der Waals surface area (Å²) in [6.07, 6.45) is 4.64. The third-order valence-corrected chi connectivity index (χ3v) is 4.09. The number of nitrogens with one attached hydrogen (secondary N) is 1. The minimum absolute atomic E-state index is 0.00208. The van der Waals surface area contributed by atoms with Gasteiger partial charge in [-0.15, -0.1) is 0 Å². The van der Waals surface area contributed by atoms with Crippen LogP contribution in [0.15, 0.2) is 41.6 Å². The lowest BCUT2D eigenvalue weighted by Crippen LogP contribution is -2.43. The van der Waals surface area contributed by atoms with Crippen molar-refractivity contribution < 1.29 is 4.79 Å². The molecule has 1 aliphatic heterocycles. The van der Waals surface area contributed by atoms with E-state index in [9.17, 15) is 4.79 Å². The highest BCUT2D eigenvalue weighted by molar-refractivity contribution is 5.94. The lowest BCUT2D eigenvalue weighted by molar-refractivity contribution is -0.121. The highest BCUT2D eigenvalue weighted by Gasteiger charge is 2.35. The van der Waals surface area contributed by atoms with E-state index in [1.807, 2.05) is 25.1 Å². The topological polar surface area (TPSA) is 29.1 Å². The fourth-order valence-corrected chi connectivity index (χ4v) is 3.18. The number of ketones is 1. The van der Waals surface area contributed by atoms with E-state index >= 15 is 0 Å². The van der Waals surface area contributed by atoms with E-state index in [2.05, 4.69) is 17.4 Å². The molecule has 0 fully saturated rings. The predicted molar refractivity (Wildman–Crippen MR) is 72.3 cm³/mol. The summed E-state index contributed by atoms with van der Waals surface area (Å²) in [5.41, 5.74) is 3.84. The standard InChI is InChI=1S/C16H19NO/c1-11-16(18)15(12-7-3-2-4-8-12)13-9-5-6-10-14(13)17-11/h2-4,7-8,11,15,17H,5-6,9-10H2,1H3/t11-,15?/m0/s1. The zero-order chi connectivity index (χ0) is 12.5. The Morgan fingerprint density at radius 3 is 2.61 bits per heavy atom. The summed E-state index contributed by atoms with van der Waals surface area (Å²) in [5, 5.41) is 3.40. The molecule has 2 atom stereocenters. The van der Waals surface area contributed by atoms with Gasteiger partial charge in [0.2, 0.25) is 0 Å². The zero-order valence-electron chi connectivity index (χ0n) is 10.8. The molecule has 0 radical (unpaired) electrons. The monoisotopic (exact) mass is 241 g/mol. The zero-order valence-corrected chi connectivity index (χ0v) is 10.8. The first-order valence-electron chi connectivity index (χ1n) is 6.84. The summed E-state index contributed by atoms with van der Waals surface area (Å²) in [6.45, 7) is 1.98. The van der Waals surface area contributed by atoms with Gasteiger partial charge in [0.1, 0.15) is 0 Å². The molecule has 0 bridgehead atoms. The van der Waals surface area contributed by atoms with Gasteiger partial charge in [0.05, 0.1) is 12.0 Å². The van der Waals surface area contributed by atoms with Gasteiger partial charge in [0.25, 0.3) is 0 Å². The van der Waals surface area contributed by atoms with E-state index in [1.54, 1.807) is 0 Å². The normalized spacial score (nSPS) is 27.7. The molecule has 1 heterocycles. The second-order valence-corrected chi connectivity index (χ2v) is 5.32. The number of carbonyl (C=O) groups is 1. The predicted octanol–water partition coefficient (Wildman–Crippen LogP) is 3.16. The lowest BCUT2D eigenvalue weighted by Gasteiger charge is -2.35. The number of allylic oxidation sites excluding steroid dienone is 2. The molecular weight excluding hydrogens is 222 g/mol. The van der Waals surface area contributed by atoms with Crippen molar-refractivity contribution in [2.45, 2.75) is 44.6 Å². The fraction of sp³-hybridized carbons (Fsp3) is 0.438. The molecule has 2 aliphatic rings. The minimum atomic E-state index is -0.0490.